The lowest BCUT2D eigenvalue weighted by Crippen LogP contribution is -2.06. The van der Waals surface area contributed by atoms with Gasteiger partial charge in [0.2, 0.25) is 0 Å². The second-order valence-corrected chi connectivity index (χ2v) is 13.0. The first-order valence-electron chi connectivity index (χ1n) is 14.1. The zero-order chi connectivity index (χ0) is 25.2. The summed E-state index contributed by atoms with van der Waals surface area (Å²) in [6.07, 6.45) is 15.9. The molecule has 0 radical (unpaired) electrons. The van der Waals surface area contributed by atoms with E-state index in [1.54, 1.807) is 0 Å². The Morgan fingerprint density at radius 1 is 0.667 bits per heavy atom. The van der Waals surface area contributed by atoms with Crippen LogP contribution in [0, 0.1) is 23.2 Å². The van der Waals surface area contributed by atoms with Crippen LogP contribution in [0.25, 0.3) is 0 Å². The van der Waals surface area contributed by atoms with Gasteiger partial charge in [0.25, 0.3) is 0 Å². The fraction of sp³-hybridized carbons (Fsp3) is 0.812. The van der Waals surface area contributed by atoms with Gasteiger partial charge in [0.1, 0.15) is 5.76 Å². The summed E-state index contributed by atoms with van der Waals surface area (Å²) >= 11 is 0. The largest absolute Gasteiger partial charge is 0.508 e. The quantitative estimate of drug-likeness (QED) is 0.274. The predicted molar refractivity (Wildman–Crippen MR) is 149 cm³/mol. The molecule has 0 heterocycles. The van der Waals surface area contributed by atoms with Crippen LogP contribution < -0.4 is 0 Å². The number of aliphatic hydroxyl groups excluding tert-OH is 1. The maximum absolute atomic E-state index is 10.4. The number of hydrogen-bond acceptors (Lipinski definition) is 1. The van der Waals surface area contributed by atoms with Crippen LogP contribution in [0.3, 0.4) is 0 Å². The molecule has 1 aliphatic carbocycles. The molecule has 0 aromatic rings. The maximum atomic E-state index is 10.4. The number of aliphatic hydroxyl groups is 1. The smallest absolute Gasteiger partial charge is 0.117 e. The van der Waals surface area contributed by atoms with Gasteiger partial charge in [-0.2, -0.15) is 0 Å². The molecule has 0 aliphatic heterocycles. The SMILES string of the molecule is CC1=C(O)C(C)=C(C)C(C)=C(CCC(C)CCCC(C)CCCC(C)CCCC(C)(C)C)C1. The van der Waals surface area contributed by atoms with Crippen LogP contribution in [0.2, 0.25) is 0 Å². The van der Waals surface area contributed by atoms with Crippen LogP contribution in [0.15, 0.2) is 33.6 Å². The second-order valence-electron chi connectivity index (χ2n) is 13.0. The molecule has 192 valence electrons. The highest BCUT2D eigenvalue weighted by atomic mass is 16.3. The fourth-order valence-corrected chi connectivity index (χ4v) is 5.32. The Labute approximate surface area is 208 Å². The van der Waals surface area contributed by atoms with Crippen LogP contribution in [0.4, 0.5) is 0 Å². The lowest BCUT2D eigenvalue weighted by atomic mass is 9.86. The minimum absolute atomic E-state index is 0.491. The third-order valence-electron chi connectivity index (χ3n) is 8.24. The summed E-state index contributed by atoms with van der Waals surface area (Å²) in [5, 5.41) is 10.4. The summed E-state index contributed by atoms with van der Waals surface area (Å²) in [6, 6.07) is 0. The monoisotopic (exact) mass is 458 g/mol. The van der Waals surface area contributed by atoms with Crippen LogP contribution in [-0.4, -0.2) is 5.11 Å². The van der Waals surface area contributed by atoms with Gasteiger partial charge >= 0.3 is 0 Å². The van der Waals surface area contributed by atoms with Crippen molar-refractivity contribution in [3.63, 3.8) is 0 Å². The molecular formula is C32H58O. The molecule has 0 fully saturated rings. The summed E-state index contributed by atoms with van der Waals surface area (Å²) in [5.74, 6) is 3.07. The molecule has 0 spiro atoms. The molecule has 33 heavy (non-hydrogen) atoms. The molecule has 1 N–H and O–H groups in total. The highest BCUT2D eigenvalue weighted by Gasteiger charge is 2.17. The third-order valence-corrected chi connectivity index (χ3v) is 8.24. The van der Waals surface area contributed by atoms with E-state index in [2.05, 4.69) is 69.2 Å². The van der Waals surface area contributed by atoms with E-state index in [-0.39, 0.29) is 0 Å². The Morgan fingerprint density at radius 3 is 1.61 bits per heavy atom. The van der Waals surface area contributed by atoms with Crippen molar-refractivity contribution in [3.8, 4) is 0 Å². The van der Waals surface area contributed by atoms with Gasteiger partial charge in [-0.25, -0.2) is 0 Å². The van der Waals surface area contributed by atoms with E-state index in [1.165, 1.54) is 87.3 Å². The standard InChI is InChI=1S/C32H58O/c1-23(14-11-16-24(2)18-13-21-32(8,9)10)15-12-17-25(3)19-20-30-22-26(4)31(33)29(7)27(5)28(30)6/h23-25,33H,11-22H2,1-10H3. The van der Waals surface area contributed by atoms with Gasteiger partial charge in [0, 0.05) is 0 Å². The van der Waals surface area contributed by atoms with Gasteiger partial charge in [0.15, 0.2) is 0 Å². The van der Waals surface area contributed by atoms with Crippen LogP contribution in [0.1, 0.15) is 146 Å². The first-order chi connectivity index (χ1) is 15.3. The highest BCUT2D eigenvalue weighted by Crippen LogP contribution is 2.34. The van der Waals surface area contributed by atoms with Gasteiger partial charge in [-0.3, -0.25) is 0 Å². The van der Waals surface area contributed by atoms with Gasteiger partial charge in [-0.15, -0.1) is 0 Å². The van der Waals surface area contributed by atoms with Gasteiger partial charge in [-0.05, 0) is 98.8 Å². The van der Waals surface area contributed by atoms with Crippen LogP contribution in [0.5, 0.6) is 0 Å². The van der Waals surface area contributed by atoms with Gasteiger partial charge in [-0.1, -0.05) is 98.5 Å². The van der Waals surface area contributed by atoms with E-state index in [0.717, 1.165) is 35.3 Å². The molecule has 0 saturated heterocycles. The van der Waals surface area contributed by atoms with E-state index >= 15 is 0 Å². The van der Waals surface area contributed by atoms with Crippen molar-refractivity contribution in [2.24, 2.45) is 23.2 Å². The lowest BCUT2D eigenvalue weighted by molar-refractivity contribution is 0.330. The zero-order valence-electron chi connectivity index (χ0n) is 24.2. The first-order valence-corrected chi connectivity index (χ1v) is 14.1. The van der Waals surface area contributed by atoms with Crippen molar-refractivity contribution < 1.29 is 5.11 Å². The predicted octanol–water partition coefficient (Wildman–Crippen LogP) is 11.1. The Morgan fingerprint density at radius 2 is 1.12 bits per heavy atom. The van der Waals surface area contributed by atoms with Crippen molar-refractivity contribution in [2.45, 2.75) is 146 Å². The first kappa shape index (κ1) is 30.1. The van der Waals surface area contributed by atoms with Crippen molar-refractivity contribution in [3.05, 3.63) is 33.6 Å². The summed E-state index contributed by atoms with van der Waals surface area (Å²) in [7, 11) is 0. The topological polar surface area (TPSA) is 20.2 Å². The summed E-state index contributed by atoms with van der Waals surface area (Å²) in [5.41, 5.74) is 6.88. The fourth-order valence-electron chi connectivity index (χ4n) is 5.32. The van der Waals surface area contributed by atoms with E-state index in [4.69, 9.17) is 0 Å². The minimum Gasteiger partial charge on any atom is -0.508 e. The van der Waals surface area contributed by atoms with Gasteiger partial charge < -0.3 is 5.11 Å². The van der Waals surface area contributed by atoms with E-state index in [9.17, 15) is 5.11 Å². The normalized spacial score (nSPS) is 18.6. The Kier molecular flexibility index (Phi) is 13.1. The Bertz CT molecular complexity index is 682. The number of hydrogen-bond donors (Lipinski definition) is 1. The third kappa shape index (κ3) is 11.8. The molecule has 3 atom stereocenters. The van der Waals surface area contributed by atoms with E-state index in [1.807, 2.05) is 0 Å². The second kappa shape index (κ2) is 14.4. The summed E-state index contributed by atoms with van der Waals surface area (Å²) in [4.78, 5) is 0. The molecule has 0 bridgehead atoms. The molecule has 1 nitrogen and oxygen atoms in total. The van der Waals surface area contributed by atoms with E-state index in [0.29, 0.717) is 11.2 Å². The highest BCUT2D eigenvalue weighted by molar-refractivity contribution is 5.47. The zero-order valence-corrected chi connectivity index (χ0v) is 24.2. The molecule has 1 aliphatic rings. The molecule has 0 amide bonds. The summed E-state index contributed by atoms with van der Waals surface area (Å²) in [6.45, 7) is 23.0. The average molecular weight is 459 g/mol. The maximum Gasteiger partial charge on any atom is 0.117 e. The van der Waals surface area contributed by atoms with Crippen molar-refractivity contribution in [1.29, 1.82) is 0 Å². The molecular weight excluding hydrogens is 400 g/mol. The lowest BCUT2D eigenvalue weighted by Gasteiger charge is -2.20. The van der Waals surface area contributed by atoms with Crippen LogP contribution >= 0.6 is 0 Å². The molecule has 0 aromatic carbocycles. The molecule has 1 rings (SSSR count). The minimum atomic E-state index is 0.491. The van der Waals surface area contributed by atoms with Crippen molar-refractivity contribution in [1.82, 2.24) is 0 Å². The Hall–Kier alpha value is -0.980. The van der Waals surface area contributed by atoms with Crippen molar-refractivity contribution in [2.75, 3.05) is 0 Å². The molecule has 1 heteroatoms. The van der Waals surface area contributed by atoms with Gasteiger partial charge in [0.05, 0.1) is 0 Å². The van der Waals surface area contributed by atoms with Crippen LogP contribution in [-0.2, 0) is 0 Å². The molecule has 0 saturated carbocycles. The van der Waals surface area contributed by atoms with Crippen molar-refractivity contribution >= 4 is 0 Å². The molecule has 3 unspecified atom stereocenters. The Balaban J connectivity index is 2.26. The summed E-state index contributed by atoms with van der Waals surface area (Å²) < 4.78 is 0. The molecule has 0 aromatic heterocycles. The van der Waals surface area contributed by atoms with E-state index < -0.39 is 0 Å². The number of rotatable bonds is 14. The average Bonchev–Trinajstić information content (AvgIpc) is 2.78. The number of allylic oxidation sites excluding steroid dienone is 5.